The van der Waals surface area contributed by atoms with E-state index >= 15 is 0 Å². The lowest BCUT2D eigenvalue weighted by Crippen LogP contribution is -2.49. The summed E-state index contributed by atoms with van der Waals surface area (Å²) in [5.41, 5.74) is 2.73. The number of halogens is 1. The number of aliphatic imine (C=N–C) groups is 1. The molecule has 1 saturated heterocycles. The summed E-state index contributed by atoms with van der Waals surface area (Å²) in [6, 6.07) is 9.16. The first-order valence-corrected chi connectivity index (χ1v) is 11.5. The summed E-state index contributed by atoms with van der Waals surface area (Å²) in [7, 11) is 0. The Kier molecular flexibility index (Phi) is 10.4. The fraction of sp³-hybridized carbons (Fsp3) is 0.708. The molecular weight excluding hydrogens is 487 g/mol. The van der Waals surface area contributed by atoms with Crippen LogP contribution in [0.5, 0.6) is 0 Å². The Morgan fingerprint density at radius 2 is 1.93 bits per heavy atom. The number of benzene rings is 1. The van der Waals surface area contributed by atoms with Gasteiger partial charge in [-0.15, -0.1) is 24.0 Å². The number of aliphatic hydroxyl groups excluding tert-OH is 1. The van der Waals surface area contributed by atoms with Crippen molar-refractivity contribution < 1.29 is 5.11 Å². The van der Waals surface area contributed by atoms with E-state index < -0.39 is 0 Å². The molecule has 0 aromatic heterocycles. The van der Waals surface area contributed by atoms with Crippen LogP contribution >= 0.6 is 24.0 Å². The number of nitrogens with zero attached hydrogens (tertiary/aromatic N) is 2. The molecule has 1 saturated carbocycles. The Balaban J connectivity index is 0.00000320. The van der Waals surface area contributed by atoms with Gasteiger partial charge in [-0.3, -0.25) is 9.89 Å². The standard InChI is InChI=1S/C24H40N4O.HI/c1-4-25-23(26-18-24(3)14-8-7-11-22(24)29)27-21-12-15-28(16-13-21)17-20-10-6-5-9-19(20)2;/h5-6,9-10,21-22,29H,4,7-8,11-18H2,1-3H3,(H2,25,26,27);1H. The largest absolute Gasteiger partial charge is 0.392 e. The van der Waals surface area contributed by atoms with Gasteiger partial charge in [-0.1, -0.05) is 44.0 Å². The van der Waals surface area contributed by atoms with Crippen LogP contribution in [0.4, 0.5) is 0 Å². The summed E-state index contributed by atoms with van der Waals surface area (Å²) in [6.45, 7) is 11.3. The highest BCUT2D eigenvalue weighted by Gasteiger charge is 2.35. The molecule has 1 aliphatic heterocycles. The van der Waals surface area contributed by atoms with E-state index in [1.165, 1.54) is 17.5 Å². The zero-order valence-corrected chi connectivity index (χ0v) is 21.3. The van der Waals surface area contributed by atoms with Gasteiger partial charge in [0.25, 0.3) is 0 Å². The molecule has 0 amide bonds. The lowest BCUT2D eigenvalue weighted by Gasteiger charge is -2.37. The Morgan fingerprint density at radius 1 is 1.20 bits per heavy atom. The molecule has 2 unspecified atom stereocenters. The molecule has 1 aliphatic carbocycles. The average molecular weight is 529 g/mol. The molecule has 2 fully saturated rings. The van der Waals surface area contributed by atoms with Gasteiger partial charge in [0.2, 0.25) is 0 Å². The molecule has 6 heteroatoms. The van der Waals surface area contributed by atoms with E-state index in [0.717, 1.165) is 64.2 Å². The molecule has 5 nitrogen and oxygen atoms in total. The van der Waals surface area contributed by atoms with Crippen LogP contribution in [0.2, 0.25) is 0 Å². The molecule has 3 rings (SSSR count). The first-order chi connectivity index (χ1) is 14.0. The molecule has 2 aliphatic rings. The van der Waals surface area contributed by atoms with E-state index in [-0.39, 0.29) is 35.5 Å². The molecular formula is C24H41IN4O. The van der Waals surface area contributed by atoms with Crippen LogP contribution in [-0.4, -0.2) is 54.3 Å². The molecule has 170 valence electrons. The van der Waals surface area contributed by atoms with Crippen molar-refractivity contribution >= 4 is 29.9 Å². The predicted molar refractivity (Wildman–Crippen MR) is 137 cm³/mol. The summed E-state index contributed by atoms with van der Waals surface area (Å²) in [4.78, 5) is 7.43. The number of hydrogen-bond donors (Lipinski definition) is 3. The Morgan fingerprint density at radius 3 is 2.60 bits per heavy atom. The van der Waals surface area contributed by atoms with Gasteiger partial charge in [-0.05, 0) is 50.7 Å². The highest BCUT2D eigenvalue weighted by atomic mass is 127. The average Bonchev–Trinajstić information content (AvgIpc) is 2.72. The zero-order valence-electron chi connectivity index (χ0n) is 19.0. The molecule has 1 aromatic rings. The van der Waals surface area contributed by atoms with Crippen LogP contribution in [0.25, 0.3) is 0 Å². The Bertz CT molecular complexity index is 675. The first-order valence-electron chi connectivity index (χ1n) is 11.5. The van der Waals surface area contributed by atoms with Crippen LogP contribution in [0, 0.1) is 12.3 Å². The Hall–Kier alpha value is -0.860. The lowest BCUT2D eigenvalue weighted by molar-refractivity contribution is 0.00715. The van der Waals surface area contributed by atoms with Crippen molar-refractivity contribution in [2.24, 2.45) is 10.4 Å². The van der Waals surface area contributed by atoms with Gasteiger partial charge in [-0.2, -0.15) is 0 Å². The maximum absolute atomic E-state index is 10.4. The SMILES string of the molecule is CCNC(=NCC1(C)CCCCC1O)NC1CCN(Cc2ccccc2C)CC1.I. The summed E-state index contributed by atoms with van der Waals surface area (Å²) in [6.07, 6.45) is 6.36. The van der Waals surface area contributed by atoms with E-state index in [1.807, 2.05) is 0 Å². The lowest BCUT2D eigenvalue weighted by atomic mass is 9.73. The minimum Gasteiger partial charge on any atom is -0.392 e. The summed E-state index contributed by atoms with van der Waals surface area (Å²) in [5, 5.41) is 17.5. The van der Waals surface area contributed by atoms with Crippen LogP contribution in [0.15, 0.2) is 29.3 Å². The number of aryl methyl sites for hydroxylation is 1. The van der Waals surface area contributed by atoms with Crippen molar-refractivity contribution in [1.82, 2.24) is 15.5 Å². The molecule has 0 radical (unpaired) electrons. The highest BCUT2D eigenvalue weighted by Crippen LogP contribution is 2.36. The van der Waals surface area contributed by atoms with Gasteiger partial charge in [0.15, 0.2) is 5.96 Å². The van der Waals surface area contributed by atoms with Gasteiger partial charge in [0, 0.05) is 37.6 Å². The van der Waals surface area contributed by atoms with Crippen molar-refractivity contribution in [3.05, 3.63) is 35.4 Å². The molecule has 1 aromatic carbocycles. The van der Waals surface area contributed by atoms with Crippen molar-refractivity contribution in [1.29, 1.82) is 0 Å². The number of piperidine rings is 1. The maximum Gasteiger partial charge on any atom is 0.191 e. The second-order valence-corrected chi connectivity index (χ2v) is 9.23. The summed E-state index contributed by atoms with van der Waals surface area (Å²) < 4.78 is 0. The molecule has 0 bridgehead atoms. The van der Waals surface area contributed by atoms with Crippen molar-refractivity contribution in [3.63, 3.8) is 0 Å². The summed E-state index contributed by atoms with van der Waals surface area (Å²) >= 11 is 0. The van der Waals surface area contributed by atoms with Gasteiger partial charge in [0.1, 0.15) is 0 Å². The molecule has 3 N–H and O–H groups in total. The first kappa shape index (κ1) is 25.4. The second kappa shape index (κ2) is 12.2. The van der Waals surface area contributed by atoms with Crippen LogP contribution in [-0.2, 0) is 6.54 Å². The normalized spacial score (nSPS) is 26.1. The second-order valence-electron chi connectivity index (χ2n) is 9.23. The minimum atomic E-state index is -0.229. The van der Waals surface area contributed by atoms with Crippen molar-refractivity contribution in [2.75, 3.05) is 26.2 Å². The molecule has 0 spiro atoms. The molecule has 2 atom stereocenters. The minimum absolute atomic E-state index is 0. The molecule has 30 heavy (non-hydrogen) atoms. The quantitative estimate of drug-likeness (QED) is 0.296. The van der Waals surface area contributed by atoms with E-state index in [2.05, 4.69) is 60.6 Å². The van der Waals surface area contributed by atoms with Gasteiger partial charge in [0.05, 0.1) is 12.6 Å². The third kappa shape index (κ3) is 7.09. The van der Waals surface area contributed by atoms with Gasteiger partial charge >= 0.3 is 0 Å². The monoisotopic (exact) mass is 528 g/mol. The maximum atomic E-state index is 10.4. The van der Waals surface area contributed by atoms with Gasteiger partial charge in [-0.25, -0.2) is 0 Å². The zero-order chi connectivity index (χ0) is 20.7. The van der Waals surface area contributed by atoms with Crippen molar-refractivity contribution in [2.45, 2.75) is 78.0 Å². The molecule has 1 heterocycles. The fourth-order valence-electron chi connectivity index (χ4n) is 4.60. The fourth-order valence-corrected chi connectivity index (χ4v) is 4.60. The van der Waals surface area contributed by atoms with E-state index in [9.17, 15) is 5.11 Å². The highest BCUT2D eigenvalue weighted by molar-refractivity contribution is 14.0. The van der Waals surface area contributed by atoms with E-state index in [4.69, 9.17) is 4.99 Å². The number of aliphatic hydroxyl groups is 1. The summed E-state index contributed by atoms with van der Waals surface area (Å²) in [5.74, 6) is 0.906. The number of likely N-dealkylation sites (tertiary alicyclic amines) is 1. The topological polar surface area (TPSA) is 59.9 Å². The number of guanidine groups is 1. The van der Waals surface area contributed by atoms with Crippen molar-refractivity contribution in [3.8, 4) is 0 Å². The van der Waals surface area contributed by atoms with Crippen LogP contribution in [0.1, 0.15) is 63.5 Å². The van der Waals surface area contributed by atoms with E-state index in [1.54, 1.807) is 0 Å². The van der Waals surface area contributed by atoms with Gasteiger partial charge < -0.3 is 15.7 Å². The van der Waals surface area contributed by atoms with Crippen LogP contribution in [0.3, 0.4) is 0 Å². The third-order valence-electron chi connectivity index (χ3n) is 6.81. The smallest absolute Gasteiger partial charge is 0.191 e. The number of rotatable bonds is 6. The predicted octanol–water partition coefficient (Wildman–Crippen LogP) is 4.07. The Labute approximate surface area is 200 Å². The number of nitrogens with one attached hydrogen (secondary N) is 2. The van der Waals surface area contributed by atoms with Crippen LogP contribution < -0.4 is 10.6 Å². The number of hydrogen-bond acceptors (Lipinski definition) is 3. The third-order valence-corrected chi connectivity index (χ3v) is 6.81. The van der Waals surface area contributed by atoms with E-state index in [0.29, 0.717) is 12.6 Å².